The first kappa shape index (κ1) is 26.1. The Hall–Kier alpha value is -4.93. The molecule has 0 atom stereocenters. The minimum Gasteiger partial charge on any atom is -0.502 e. The van der Waals surface area contributed by atoms with Crippen LogP contribution in [-0.4, -0.2) is 63.0 Å². The van der Waals surface area contributed by atoms with E-state index in [1.165, 1.54) is 42.7 Å². The van der Waals surface area contributed by atoms with Gasteiger partial charge in [0.2, 0.25) is 23.1 Å². The number of rotatable bonds is 9. The lowest BCUT2D eigenvalue weighted by molar-refractivity contribution is 0.340. The Morgan fingerprint density at radius 2 is 0.816 bits per heavy atom. The molecule has 1 heterocycles. The summed E-state index contributed by atoms with van der Waals surface area (Å²) in [4.78, 5) is 4.73. The standard InChI is InChI=1S/C27H27NO10/c1-32-16-7-13(8-17(33-2)23(16)29)22-26(14-9-18(34-3)24(30)19(10-14)35-4)38-27(28-22)15-11-20(36-5)25(31)21(12-15)37-6/h7-12,29-31H,1-6H3. The Balaban J connectivity index is 2.04. The molecule has 4 aromatic rings. The van der Waals surface area contributed by atoms with Gasteiger partial charge in [-0.25, -0.2) is 4.98 Å². The average Bonchev–Trinajstić information content (AvgIpc) is 3.39. The summed E-state index contributed by atoms with van der Waals surface area (Å²) in [6, 6.07) is 9.39. The predicted molar refractivity (Wildman–Crippen MR) is 137 cm³/mol. The molecule has 1 aromatic heterocycles. The Kier molecular flexibility index (Phi) is 7.28. The minimum atomic E-state index is -0.180. The van der Waals surface area contributed by atoms with Crippen molar-refractivity contribution < 1.29 is 48.2 Å². The van der Waals surface area contributed by atoms with E-state index in [1.807, 2.05) is 0 Å². The molecule has 0 saturated carbocycles. The van der Waals surface area contributed by atoms with Gasteiger partial charge in [0, 0.05) is 16.7 Å². The van der Waals surface area contributed by atoms with E-state index in [0.29, 0.717) is 22.4 Å². The fourth-order valence-electron chi connectivity index (χ4n) is 3.91. The average molecular weight is 526 g/mol. The molecule has 0 saturated heterocycles. The molecule has 0 spiro atoms. The number of aromatic hydroxyl groups is 3. The second-order valence-corrected chi connectivity index (χ2v) is 7.88. The topological polar surface area (TPSA) is 142 Å². The summed E-state index contributed by atoms with van der Waals surface area (Å²) in [7, 11) is 8.48. The van der Waals surface area contributed by atoms with Gasteiger partial charge in [-0.2, -0.15) is 0 Å². The summed E-state index contributed by atoms with van der Waals surface area (Å²) in [6.07, 6.45) is 0. The predicted octanol–water partition coefficient (Wildman–Crippen LogP) is 4.84. The van der Waals surface area contributed by atoms with Crippen LogP contribution in [0.4, 0.5) is 0 Å². The van der Waals surface area contributed by atoms with Crippen molar-refractivity contribution in [2.75, 3.05) is 42.7 Å². The second kappa shape index (κ2) is 10.6. The van der Waals surface area contributed by atoms with Crippen molar-refractivity contribution >= 4 is 0 Å². The minimum absolute atomic E-state index is 0.150. The second-order valence-electron chi connectivity index (χ2n) is 7.88. The monoisotopic (exact) mass is 525 g/mol. The molecule has 11 heteroatoms. The summed E-state index contributed by atoms with van der Waals surface area (Å²) in [6.45, 7) is 0. The van der Waals surface area contributed by atoms with Crippen molar-refractivity contribution in [2.24, 2.45) is 0 Å². The van der Waals surface area contributed by atoms with Crippen molar-refractivity contribution in [1.29, 1.82) is 0 Å². The zero-order chi connectivity index (χ0) is 27.6. The molecule has 0 aliphatic heterocycles. The van der Waals surface area contributed by atoms with E-state index in [1.54, 1.807) is 36.4 Å². The third-order valence-corrected chi connectivity index (χ3v) is 5.85. The summed E-state index contributed by atoms with van der Waals surface area (Å²) in [5.41, 5.74) is 1.75. The normalized spacial score (nSPS) is 10.7. The third-order valence-electron chi connectivity index (χ3n) is 5.85. The number of aromatic nitrogens is 1. The summed E-state index contributed by atoms with van der Waals surface area (Å²) >= 11 is 0. The number of nitrogens with zero attached hydrogens (tertiary/aromatic N) is 1. The van der Waals surface area contributed by atoms with Gasteiger partial charge in [-0.15, -0.1) is 0 Å². The highest BCUT2D eigenvalue weighted by atomic mass is 16.5. The number of hydrogen-bond donors (Lipinski definition) is 3. The Bertz CT molecular complexity index is 1320. The highest BCUT2D eigenvalue weighted by Gasteiger charge is 2.25. The lowest BCUT2D eigenvalue weighted by Gasteiger charge is -2.12. The number of ether oxygens (including phenoxy) is 6. The molecule has 0 aliphatic carbocycles. The quantitative estimate of drug-likeness (QED) is 0.276. The fraction of sp³-hybridized carbons (Fsp3) is 0.222. The van der Waals surface area contributed by atoms with Crippen LogP contribution in [0.1, 0.15) is 0 Å². The molecule has 11 nitrogen and oxygen atoms in total. The molecule has 0 unspecified atom stereocenters. The van der Waals surface area contributed by atoms with Gasteiger partial charge in [-0.3, -0.25) is 0 Å². The first-order chi connectivity index (χ1) is 18.3. The number of phenolic OH excluding ortho intramolecular Hbond substituents is 3. The van der Waals surface area contributed by atoms with Gasteiger partial charge in [0.15, 0.2) is 40.3 Å². The molecular formula is C27H27NO10. The number of benzene rings is 3. The zero-order valence-electron chi connectivity index (χ0n) is 21.6. The van der Waals surface area contributed by atoms with E-state index in [2.05, 4.69) is 0 Å². The molecule has 4 rings (SSSR count). The Morgan fingerprint density at radius 1 is 0.500 bits per heavy atom. The SMILES string of the molecule is COc1cc(-c2nc(-c3cc(OC)c(O)c(OC)c3)c(-c3cc(OC)c(O)c(OC)c3)o2)cc(OC)c1O. The van der Waals surface area contributed by atoms with Gasteiger partial charge in [-0.1, -0.05) is 0 Å². The molecule has 0 fully saturated rings. The molecule has 200 valence electrons. The van der Waals surface area contributed by atoms with E-state index in [4.69, 9.17) is 37.8 Å². The number of methoxy groups -OCH3 is 6. The molecule has 38 heavy (non-hydrogen) atoms. The van der Waals surface area contributed by atoms with Crippen LogP contribution in [0.15, 0.2) is 40.8 Å². The van der Waals surface area contributed by atoms with Gasteiger partial charge >= 0.3 is 0 Å². The van der Waals surface area contributed by atoms with E-state index in [-0.39, 0.29) is 63.4 Å². The maximum atomic E-state index is 10.4. The van der Waals surface area contributed by atoms with Crippen LogP contribution in [-0.2, 0) is 0 Å². The molecule has 3 aromatic carbocycles. The first-order valence-electron chi connectivity index (χ1n) is 11.2. The first-order valence-corrected chi connectivity index (χ1v) is 11.2. The molecule has 3 N–H and O–H groups in total. The van der Waals surface area contributed by atoms with Gasteiger partial charge in [0.25, 0.3) is 0 Å². The zero-order valence-corrected chi connectivity index (χ0v) is 21.6. The van der Waals surface area contributed by atoms with E-state index in [9.17, 15) is 15.3 Å². The van der Waals surface area contributed by atoms with Crippen molar-refractivity contribution in [1.82, 2.24) is 4.98 Å². The Morgan fingerprint density at radius 3 is 1.16 bits per heavy atom. The van der Waals surface area contributed by atoms with Gasteiger partial charge < -0.3 is 48.2 Å². The van der Waals surface area contributed by atoms with Crippen LogP contribution in [0.5, 0.6) is 51.7 Å². The van der Waals surface area contributed by atoms with Gasteiger partial charge in [0.1, 0.15) is 5.69 Å². The highest BCUT2D eigenvalue weighted by Crippen LogP contribution is 2.47. The summed E-state index contributed by atoms with van der Waals surface area (Å²) < 4.78 is 38.1. The van der Waals surface area contributed by atoms with Crippen molar-refractivity contribution in [3.05, 3.63) is 36.4 Å². The van der Waals surface area contributed by atoms with Crippen LogP contribution >= 0.6 is 0 Å². The van der Waals surface area contributed by atoms with E-state index in [0.717, 1.165) is 0 Å². The smallest absolute Gasteiger partial charge is 0.227 e. The van der Waals surface area contributed by atoms with Crippen LogP contribution in [0.2, 0.25) is 0 Å². The Labute approximate surface area is 218 Å². The summed E-state index contributed by atoms with van der Waals surface area (Å²) in [5, 5.41) is 31.2. The van der Waals surface area contributed by atoms with Gasteiger partial charge in [-0.05, 0) is 36.4 Å². The maximum Gasteiger partial charge on any atom is 0.227 e. The lowest BCUT2D eigenvalue weighted by atomic mass is 10.0. The number of oxazole rings is 1. The van der Waals surface area contributed by atoms with Crippen LogP contribution in [0.3, 0.4) is 0 Å². The third kappa shape index (κ3) is 4.49. The molecule has 0 bridgehead atoms. The fourth-order valence-corrected chi connectivity index (χ4v) is 3.91. The number of phenols is 3. The van der Waals surface area contributed by atoms with Crippen molar-refractivity contribution in [2.45, 2.75) is 0 Å². The van der Waals surface area contributed by atoms with Crippen molar-refractivity contribution in [3.8, 4) is 85.8 Å². The number of hydrogen-bond acceptors (Lipinski definition) is 11. The van der Waals surface area contributed by atoms with E-state index < -0.39 is 0 Å². The molecular weight excluding hydrogens is 498 g/mol. The van der Waals surface area contributed by atoms with Crippen molar-refractivity contribution in [3.63, 3.8) is 0 Å². The largest absolute Gasteiger partial charge is 0.502 e. The maximum absolute atomic E-state index is 10.4. The van der Waals surface area contributed by atoms with Crippen LogP contribution in [0.25, 0.3) is 34.0 Å². The van der Waals surface area contributed by atoms with Crippen LogP contribution in [0, 0.1) is 0 Å². The highest BCUT2D eigenvalue weighted by molar-refractivity contribution is 5.83. The molecule has 0 aliphatic rings. The molecule has 0 radical (unpaired) electrons. The van der Waals surface area contributed by atoms with Crippen LogP contribution < -0.4 is 28.4 Å². The summed E-state index contributed by atoms with van der Waals surface area (Å²) in [5.74, 6) is 0.823. The lowest BCUT2D eigenvalue weighted by Crippen LogP contribution is -1.93. The van der Waals surface area contributed by atoms with Gasteiger partial charge in [0.05, 0.1) is 42.7 Å². The van der Waals surface area contributed by atoms with E-state index >= 15 is 0 Å². The molecule has 0 amide bonds.